The van der Waals surface area contributed by atoms with E-state index in [2.05, 4.69) is 34.7 Å². The topological polar surface area (TPSA) is 66.9 Å². The van der Waals surface area contributed by atoms with Crippen molar-refractivity contribution in [1.82, 2.24) is 10.2 Å². The molecule has 0 aliphatic heterocycles. The summed E-state index contributed by atoms with van der Waals surface area (Å²) in [4.78, 5) is 11.9. The zero-order chi connectivity index (χ0) is 14.3. The molecule has 19 heavy (non-hydrogen) atoms. The lowest BCUT2D eigenvalue weighted by Crippen LogP contribution is -2.22. The van der Waals surface area contributed by atoms with Gasteiger partial charge in [-0.25, -0.2) is 0 Å². The van der Waals surface area contributed by atoms with Crippen molar-refractivity contribution in [2.45, 2.75) is 53.0 Å². The molecule has 0 aliphatic rings. The number of hydrogen-bond donors (Lipinski definition) is 2. The van der Waals surface area contributed by atoms with Crippen LogP contribution in [0.25, 0.3) is 0 Å². The quantitative estimate of drug-likeness (QED) is 0.794. The molecule has 1 aromatic rings. The molecule has 0 radical (unpaired) electrons. The molecular formula is C14H24N4O. The van der Waals surface area contributed by atoms with Gasteiger partial charge >= 0.3 is 0 Å². The molecule has 0 saturated heterocycles. The van der Waals surface area contributed by atoms with Gasteiger partial charge in [0.2, 0.25) is 5.91 Å². The van der Waals surface area contributed by atoms with Gasteiger partial charge in [-0.2, -0.15) is 0 Å². The van der Waals surface area contributed by atoms with Crippen LogP contribution < -0.4 is 10.6 Å². The SMILES string of the molecule is CCC(C)Nc1ccc(NC(=O)C(CC)CC)nn1. The molecule has 0 fully saturated rings. The summed E-state index contributed by atoms with van der Waals surface area (Å²) in [5, 5.41) is 14.1. The molecule has 1 aromatic heterocycles. The third-order valence-corrected chi connectivity index (χ3v) is 3.28. The van der Waals surface area contributed by atoms with Crippen molar-refractivity contribution in [2.75, 3.05) is 10.6 Å². The van der Waals surface area contributed by atoms with E-state index in [0.29, 0.717) is 11.9 Å². The van der Waals surface area contributed by atoms with Gasteiger partial charge in [0.05, 0.1) is 0 Å². The van der Waals surface area contributed by atoms with Crippen LogP contribution in [0.15, 0.2) is 12.1 Å². The van der Waals surface area contributed by atoms with E-state index < -0.39 is 0 Å². The average molecular weight is 264 g/mol. The second-order valence-electron chi connectivity index (χ2n) is 4.76. The van der Waals surface area contributed by atoms with Crippen LogP contribution in [0.4, 0.5) is 11.6 Å². The van der Waals surface area contributed by atoms with E-state index >= 15 is 0 Å². The second-order valence-corrected chi connectivity index (χ2v) is 4.76. The average Bonchev–Trinajstić information content (AvgIpc) is 2.42. The Morgan fingerprint density at radius 3 is 2.16 bits per heavy atom. The Balaban J connectivity index is 2.59. The predicted molar refractivity (Wildman–Crippen MR) is 78.1 cm³/mol. The Kier molecular flexibility index (Phi) is 6.25. The van der Waals surface area contributed by atoms with Crippen LogP contribution in [0.2, 0.25) is 0 Å². The number of carbonyl (C=O) groups excluding carboxylic acids is 1. The first-order valence-corrected chi connectivity index (χ1v) is 7.01. The molecule has 0 aromatic carbocycles. The maximum atomic E-state index is 11.9. The minimum Gasteiger partial charge on any atom is -0.366 e. The van der Waals surface area contributed by atoms with Crippen molar-refractivity contribution in [2.24, 2.45) is 5.92 Å². The van der Waals surface area contributed by atoms with Crippen LogP contribution in [0, 0.1) is 5.92 Å². The molecule has 5 heteroatoms. The lowest BCUT2D eigenvalue weighted by molar-refractivity contribution is -0.120. The van der Waals surface area contributed by atoms with Gasteiger partial charge in [0.1, 0.15) is 5.82 Å². The van der Waals surface area contributed by atoms with Crippen LogP contribution in [0.3, 0.4) is 0 Å². The summed E-state index contributed by atoms with van der Waals surface area (Å²) < 4.78 is 0. The van der Waals surface area contributed by atoms with Crippen molar-refractivity contribution in [1.29, 1.82) is 0 Å². The zero-order valence-electron chi connectivity index (χ0n) is 12.2. The second kappa shape index (κ2) is 7.71. The highest BCUT2D eigenvalue weighted by molar-refractivity contribution is 5.91. The van der Waals surface area contributed by atoms with Gasteiger partial charge < -0.3 is 10.6 Å². The standard InChI is InChI=1S/C14H24N4O/c1-5-10(4)15-12-8-9-13(18-17-12)16-14(19)11(6-2)7-3/h8-11H,5-7H2,1-4H3,(H,15,17)(H,16,18,19). The molecule has 1 rings (SSSR count). The van der Waals surface area contributed by atoms with Gasteiger partial charge in [0, 0.05) is 12.0 Å². The molecular weight excluding hydrogens is 240 g/mol. The Hall–Kier alpha value is -1.65. The van der Waals surface area contributed by atoms with E-state index in [9.17, 15) is 4.79 Å². The highest BCUT2D eigenvalue weighted by atomic mass is 16.1. The number of amides is 1. The third-order valence-electron chi connectivity index (χ3n) is 3.28. The maximum absolute atomic E-state index is 11.9. The van der Waals surface area contributed by atoms with E-state index in [4.69, 9.17) is 0 Å². The van der Waals surface area contributed by atoms with E-state index in [1.165, 1.54) is 0 Å². The maximum Gasteiger partial charge on any atom is 0.228 e. The number of rotatable bonds is 7. The van der Waals surface area contributed by atoms with Crippen LogP contribution in [0.1, 0.15) is 47.0 Å². The van der Waals surface area contributed by atoms with Crippen molar-refractivity contribution < 1.29 is 4.79 Å². The fourth-order valence-electron chi connectivity index (χ4n) is 1.72. The number of nitrogens with zero attached hydrogens (tertiary/aromatic N) is 2. The minimum absolute atomic E-state index is 0.0157. The molecule has 106 valence electrons. The van der Waals surface area contributed by atoms with Crippen molar-refractivity contribution in [3.63, 3.8) is 0 Å². The van der Waals surface area contributed by atoms with E-state index in [0.717, 1.165) is 25.1 Å². The Morgan fingerprint density at radius 1 is 1.11 bits per heavy atom. The first kappa shape index (κ1) is 15.4. The predicted octanol–water partition coefficient (Wildman–Crippen LogP) is 3.06. The van der Waals surface area contributed by atoms with Gasteiger partial charge in [-0.05, 0) is 38.3 Å². The number of hydrogen-bond acceptors (Lipinski definition) is 4. The highest BCUT2D eigenvalue weighted by Crippen LogP contribution is 2.12. The van der Waals surface area contributed by atoms with E-state index in [1.54, 1.807) is 6.07 Å². The van der Waals surface area contributed by atoms with Gasteiger partial charge in [-0.1, -0.05) is 20.8 Å². The molecule has 0 saturated carbocycles. The summed E-state index contributed by atoms with van der Waals surface area (Å²) >= 11 is 0. The third kappa shape index (κ3) is 4.85. The molecule has 1 heterocycles. The monoisotopic (exact) mass is 264 g/mol. The fourth-order valence-corrected chi connectivity index (χ4v) is 1.72. The molecule has 0 spiro atoms. The summed E-state index contributed by atoms with van der Waals surface area (Å²) in [6.07, 6.45) is 2.70. The van der Waals surface area contributed by atoms with Crippen molar-refractivity contribution in [3.05, 3.63) is 12.1 Å². The summed E-state index contributed by atoms with van der Waals surface area (Å²) in [5.41, 5.74) is 0. The van der Waals surface area contributed by atoms with Crippen LogP contribution >= 0.6 is 0 Å². The van der Waals surface area contributed by atoms with Gasteiger partial charge in [-0.3, -0.25) is 4.79 Å². The van der Waals surface area contributed by atoms with Crippen molar-refractivity contribution >= 4 is 17.5 Å². The Morgan fingerprint density at radius 2 is 1.68 bits per heavy atom. The molecule has 1 atom stereocenters. The Bertz CT molecular complexity index is 387. The first-order valence-electron chi connectivity index (χ1n) is 7.01. The van der Waals surface area contributed by atoms with Gasteiger partial charge in [0.25, 0.3) is 0 Å². The smallest absolute Gasteiger partial charge is 0.228 e. The van der Waals surface area contributed by atoms with E-state index in [-0.39, 0.29) is 11.8 Å². The van der Waals surface area contributed by atoms with Crippen LogP contribution in [-0.2, 0) is 4.79 Å². The van der Waals surface area contributed by atoms with E-state index in [1.807, 2.05) is 19.9 Å². The zero-order valence-corrected chi connectivity index (χ0v) is 12.2. The molecule has 1 amide bonds. The molecule has 1 unspecified atom stereocenters. The molecule has 5 nitrogen and oxygen atoms in total. The number of nitrogens with one attached hydrogen (secondary N) is 2. The largest absolute Gasteiger partial charge is 0.366 e. The Labute approximate surface area is 115 Å². The van der Waals surface area contributed by atoms with Crippen LogP contribution in [0.5, 0.6) is 0 Å². The lowest BCUT2D eigenvalue weighted by Gasteiger charge is -2.13. The fraction of sp³-hybridized carbons (Fsp3) is 0.643. The number of carbonyl (C=O) groups is 1. The van der Waals surface area contributed by atoms with Crippen LogP contribution in [-0.4, -0.2) is 22.1 Å². The molecule has 2 N–H and O–H groups in total. The normalized spacial score (nSPS) is 12.3. The molecule has 0 bridgehead atoms. The lowest BCUT2D eigenvalue weighted by atomic mass is 10.0. The number of aromatic nitrogens is 2. The number of anilines is 2. The highest BCUT2D eigenvalue weighted by Gasteiger charge is 2.14. The molecule has 0 aliphatic carbocycles. The summed E-state index contributed by atoms with van der Waals surface area (Å²) in [5.74, 6) is 1.29. The first-order chi connectivity index (χ1) is 9.10. The minimum atomic E-state index is 0.0157. The summed E-state index contributed by atoms with van der Waals surface area (Å²) in [7, 11) is 0. The van der Waals surface area contributed by atoms with Gasteiger partial charge in [0.15, 0.2) is 5.82 Å². The van der Waals surface area contributed by atoms with Gasteiger partial charge in [-0.15, -0.1) is 10.2 Å². The summed E-state index contributed by atoms with van der Waals surface area (Å²) in [6, 6.07) is 3.97. The van der Waals surface area contributed by atoms with Crippen molar-refractivity contribution in [3.8, 4) is 0 Å². The summed E-state index contributed by atoms with van der Waals surface area (Å²) in [6.45, 7) is 8.22.